The van der Waals surface area contributed by atoms with E-state index in [-0.39, 0.29) is 11.8 Å². The summed E-state index contributed by atoms with van der Waals surface area (Å²) in [5, 5.41) is 7.73. The number of ether oxygens (including phenoxy) is 1. The molecule has 7 nitrogen and oxygen atoms in total. The first-order valence-corrected chi connectivity index (χ1v) is 10.4. The smallest absolute Gasteiger partial charge is 0.257 e. The van der Waals surface area contributed by atoms with E-state index in [0.717, 1.165) is 5.75 Å². The predicted molar refractivity (Wildman–Crippen MR) is 118 cm³/mol. The van der Waals surface area contributed by atoms with E-state index in [0.29, 0.717) is 40.2 Å². The highest BCUT2D eigenvalue weighted by Crippen LogP contribution is 2.27. The number of carbonyl (C=O) groups excluding carboxylic acids is 2. The van der Waals surface area contributed by atoms with E-state index in [1.165, 1.54) is 18.3 Å². The van der Waals surface area contributed by atoms with Crippen molar-refractivity contribution in [1.29, 1.82) is 0 Å². The molecule has 0 bridgehead atoms. The highest BCUT2D eigenvalue weighted by Gasteiger charge is 2.13. The van der Waals surface area contributed by atoms with Gasteiger partial charge in [0.1, 0.15) is 23.0 Å². The Morgan fingerprint density at radius 2 is 1.74 bits per heavy atom. The van der Waals surface area contributed by atoms with Crippen molar-refractivity contribution < 1.29 is 18.7 Å². The molecule has 0 unspecified atom stereocenters. The molecule has 2 aromatic carbocycles. The average Bonchev–Trinajstić information content (AvgIpc) is 3.43. The second kappa shape index (κ2) is 9.27. The largest absolute Gasteiger partial charge is 0.458 e. The van der Waals surface area contributed by atoms with Crippen LogP contribution in [0.2, 0.25) is 0 Å². The van der Waals surface area contributed by atoms with Gasteiger partial charge in [-0.15, -0.1) is 11.3 Å². The number of benzene rings is 2. The van der Waals surface area contributed by atoms with Crippen LogP contribution in [0, 0.1) is 0 Å². The molecule has 4 aromatic rings. The van der Waals surface area contributed by atoms with Crippen LogP contribution in [0.4, 0.5) is 5.13 Å². The molecule has 8 heteroatoms. The van der Waals surface area contributed by atoms with Crippen molar-refractivity contribution in [3.8, 4) is 23.0 Å². The van der Waals surface area contributed by atoms with Crippen molar-refractivity contribution in [2.75, 3.05) is 5.32 Å². The molecule has 0 spiro atoms. The van der Waals surface area contributed by atoms with E-state index in [9.17, 15) is 9.59 Å². The van der Waals surface area contributed by atoms with E-state index in [4.69, 9.17) is 9.15 Å². The first kappa shape index (κ1) is 20.4. The number of carbonyl (C=O) groups is 2. The maximum absolute atomic E-state index is 12.5. The molecule has 0 radical (unpaired) electrons. The van der Waals surface area contributed by atoms with Crippen molar-refractivity contribution in [3.63, 3.8) is 0 Å². The summed E-state index contributed by atoms with van der Waals surface area (Å²) in [6.45, 7) is 1.76. The molecule has 0 atom stereocenters. The van der Waals surface area contributed by atoms with Gasteiger partial charge in [-0.05, 0) is 48.5 Å². The summed E-state index contributed by atoms with van der Waals surface area (Å²) in [5.41, 5.74) is 1.11. The molecular formula is C23H19N3O4S. The van der Waals surface area contributed by atoms with Gasteiger partial charge in [-0.25, -0.2) is 4.98 Å². The minimum absolute atomic E-state index is 0.128. The van der Waals surface area contributed by atoms with Gasteiger partial charge in [0, 0.05) is 17.9 Å². The van der Waals surface area contributed by atoms with Crippen molar-refractivity contribution in [2.24, 2.45) is 0 Å². The quantitative estimate of drug-likeness (QED) is 0.424. The van der Waals surface area contributed by atoms with Crippen LogP contribution >= 0.6 is 11.3 Å². The summed E-state index contributed by atoms with van der Waals surface area (Å²) < 4.78 is 11.4. The van der Waals surface area contributed by atoms with E-state index < -0.39 is 0 Å². The highest BCUT2D eigenvalue weighted by atomic mass is 32.1. The lowest BCUT2D eigenvalue weighted by molar-refractivity contribution is -0.119. The third-order valence-corrected chi connectivity index (χ3v) is 5.00. The van der Waals surface area contributed by atoms with Crippen LogP contribution in [0.3, 0.4) is 0 Å². The minimum Gasteiger partial charge on any atom is -0.458 e. The zero-order chi connectivity index (χ0) is 21.6. The second-order valence-corrected chi connectivity index (χ2v) is 7.47. The molecule has 0 fully saturated rings. The van der Waals surface area contributed by atoms with Crippen LogP contribution in [0.5, 0.6) is 11.5 Å². The monoisotopic (exact) mass is 433 g/mol. The van der Waals surface area contributed by atoms with E-state index >= 15 is 0 Å². The van der Waals surface area contributed by atoms with Gasteiger partial charge in [0.25, 0.3) is 5.91 Å². The Morgan fingerprint density at radius 3 is 2.48 bits per heavy atom. The fourth-order valence-corrected chi connectivity index (χ4v) is 3.43. The topological polar surface area (TPSA) is 93.5 Å². The highest BCUT2D eigenvalue weighted by molar-refractivity contribution is 7.14. The Morgan fingerprint density at radius 1 is 1.00 bits per heavy atom. The zero-order valence-corrected chi connectivity index (χ0v) is 17.4. The molecule has 156 valence electrons. The Hall–Kier alpha value is -3.91. The first-order valence-electron chi connectivity index (χ1n) is 9.50. The van der Waals surface area contributed by atoms with E-state index in [2.05, 4.69) is 15.6 Å². The molecule has 2 aromatic heterocycles. The van der Waals surface area contributed by atoms with Gasteiger partial charge >= 0.3 is 0 Å². The molecule has 0 aliphatic heterocycles. The van der Waals surface area contributed by atoms with Crippen LogP contribution in [0.25, 0.3) is 11.5 Å². The third-order valence-electron chi connectivity index (χ3n) is 4.25. The molecular weight excluding hydrogens is 414 g/mol. The lowest BCUT2D eigenvalue weighted by atomic mass is 10.2. The van der Waals surface area contributed by atoms with Crippen molar-refractivity contribution in [3.05, 3.63) is 83.4 Å². The van der Waals surface area contributed by atoms with Crippen LogP contribution in [-0.2, 0) is 11.3 Å². The average molecular weight is 433 g/mol. The van der Waals surface area contributed by atoms with Gasteiger partial charge in [-0.1, -0.05) is 18.2 Å². The standard InChI is InChI=1S/C23H19N3O4S/c1-15(27)24-13-19-11-12-21(30-19)20-14-31-23(25-20)26-22(28)16-7-9-18(10-8-16)29-17-5-3-2-4-6-17/h2-12,14H,13H2,1H3,(H,24,27)(H,25,26,28). The van der Waals surface area contributed by atoms with E-state index in [1.807, 2.05) is 30.3 Å². The van der Waals surface area contributed by atoms with Crippen LogP contribution in [0.1, 0.15) is 23.0 Å². The molecule has 0 aliphatic carbocycles. The first-order chi connectivity index (χ1) is 15.1. The molecule has 4 rings (SSSR count). The molecule has 2 heterocycles. The number of hydrogen-bond acceptors (Lipinski definition) is 6. The number of hydrogen-bond donors (Lipinski definition) is 2. The van der Waals surface area contributed by atoms with Gasteiger partial charge in [0.15, 0.2) is 10.9 Å². The summed E-state index contributed by atoms with van der Waals surface area (Å²) in [4.78, 5) is 27.9. The summed E-state index contributed by atoms with van der Waals surface area (Å²) >= 11 is 1.30. The molecule has 2 amide bonds. The van der Waals surface area contributed by atoms with Gasteiger partial charge < -0.3 is 14.5 Å². The van der Waals surface area contributed by atoms with Gasteiger partial charge in [-0.2, -0.15) is 0 Å². The number of nitrogens with one attached hydrogen (secondary N) is 2. The minimum atomic E-state index is -0.266. The van der Waals surface area contributed by atoms with Crippen LogP contribution < -0.4 is 15.4 Å². The van der Waals surface area contributed by atoms with Crippen molar-refractivity contribution >= 4 is 28.3 Å². The third kappa shape index (κ3) is 5.37. The van der Waals surface area contributed by atoms with Gasteiger partial charge in [-0.3, -0.25) is 14.9 Å². The van der Waals surface area contributed by atoms with Gasteiger partial charge in [0.2, 0.25) is 5.91 Å². The fraction of sp³-hybridized carbons (Fsp3) is 0.0870. The predicted octanol–water partition coefficient (Wildman–Crippen LogP) is 5.08. The SMILES string of the molecule is CC(=O)NCc1ccc(-c2csc(NC(=O)c3ccc(Oc4ccccc4)cc3)n2)o1. The summed E-state index contributed by atoms with van der Waals surface area (Å²) in [6, 6.07) is 19.9. The Labute approximate surface area is 182 Å². The summed E-state index contributed by atoms with van der Waals surface area (Å²) in [5.74, 6) is 2.18. The second-order valence-electron chi connectivity index (χ2n) is 6.61. The number of nitrogens with zero attached hydrogens (tertiary/aromatic N) is 1. The fourth-order valence-electron chi connectivity index (χ4n) is 2.73. The van der Waals surface area contributed by atoms with Crippen LogP contribution in [-0.4, -0.2) is 16.8 Å². The maximum atomic E-state index is 12.5. The zero-order valence-electron chi connectivity index (χ0n) is 16.6. The number of anilines is 1. The molecule has 31 heavy (non-hydrogen) atoms. The Bertz CT molecular complexity index is 1180. The Balaban J connectivity index is 1.37. The lowest BCUT2D eigenvalue weighted by Gasteiger charge is -2.06. The molecule has 0 aliphatic rings. The van der Waals surface area contributed by atoms with Gasteiger partial charge in [0.05, 0.1) is 6.54 Å². The van der Waals surface area contributed by atoms with E-state index in [1.54, 1.807) is 41.8 Å². The number of thiazole rings is 1. The summed E-state index contributed by atoms with van der Waals surface area (Å²) in [7, 11) is 0. The van der Waals surface area contributed by atoms with Crippen molar-refractivity contribution in [2.45, 2.75) is 13.5 Å². The molecule has 0 saturated carbocycles. The Kier molecular flexibility index (Phi) is 6.09. The number of aromatic nitrogens is 1. The number of para-hydroxylation sites is 1. The number of rotatable bonds is 7. The molecule has 2 N–H and O–H groups in total. The number of furan rings is 1. The van der Waals surface area contributed by atoms with Crippen molar-refractivity contribution in [1.82, 2.24) is 10.3 Å². The maximum Gasteiger partial charge on any atom is 0.257 e. The normalized spacial score (nSPS) is 10.5. The lowest BCUT2D eigenvalue weighted by Crippen LogP contribution is -2.18. The number of amides is 2. The summed E-state index contributed by atoms with van der Waals surface area (Å²) in [6.07, 6.45) is 0. The molecule has 0 saturated heterocycles. The van der Waals surface area contributed by atoms with Crippen LogP contribution in [0.15, 0.2) is 76.5 Å².